The van der Waals surface area contributed by atoms with Crippen LogP contribution in [0.3, 0.4) is 0 Å². The number of hydrogen-bond donors (Lipinski definition) is 2. The van der Waals surface area contributed by atoms with Crippen molar-refractivity contribution in [2.24, 2.45) is 4.99 Å². The van der Waals surface area contributed by atoms with Crippen LogP contribution in [0, 0.1) is 6.92 Å². The number of aryl methyl sites for hydroxylation is 2. The standard InChI is InChI=1S/C21H29N5O/c1-3-12-22-21(24-14-11-18-8-6-16-27-18)23-13-7-15-26-17(2)25-19-9-4-5-10-20(19)26/h4-6,8-10,16H,3,7,11-15H2,1-2H3,(H2,22,23,24). The molecule has 2 heterocycles. The molecule has 0 aliphatic heterocycles. The third-order valence-electron chi connectivity index (χ3n) is 4.43. The molecule has 0 saturated carbocycles. The van der Waals surface area contributed by atoms with Crippen molar-refractivity contribution in [3.05, 3.63) is 54.2 Å². The maximum Gasteiger partial charge on any atom is 0.191 e. The number of benzene rings is 1. The van der Waals surface area contributed by atoms with E-state index in [1.165, 1.54) is 5.52 Å². The molecule has 0 atom stereocenters. The quantitative estimate of drug-likeness (QED) is 0.345. The lowest BCUT2D eigenvalue weighted by Crippen LogP contribution is -2.39. The molecule has 3 aromatic rings. The molecule has 2 aromatic heterocycles. The first kappa shape index (κ1) is 19.0. The fourth-order valence-corrected chi connectivity index (χ4v) is 3.08. The first-order chi connectivity index (χ1) is 13.3. The Bertz CT molecular complexity index is 851. The molecule has 6 heteroatoms. The first-order valence-corrected chi connectivity index (χ1v) is 9.74. The monoisotopic (exact) mass is 367 g/mol. The topological polar surface area (TPSA) is 67.4 Å². The van der Waals surface area contributed by atoms with Crippen LogP contribution in [0.4, 0.5) is 0 Å². The van der Waals surface area contributed by atoms with Gasteiger partial charge in [-0.1, -0.05) is 19.1 Å². The second-order valence-corrected chi connectivity index (χ2v) is 6.57. The van der Waals surface area contributed by atoms with Gasteiger partial charge in [0.25, 0.3) is 0 Å². The van der Waals surface area contributed by atoms with E-state index in [0.717, 1.165) is 68.5 Å². The van der Waals surface area contributed by atoms with Gasteiger partial charge in [0, 0.05) is 32.6 Å². The first-order valence-electron chi connectivity index (χ1n) is 9.74. The summed E-state index contributed by atoms with van der Waals surface area (Å²) in [6.45, 7) is 7.62. The minimum absolute atomic E-state index is 0.800. The van der Waals surface area contributed by atoms with Gasteiger partial charge in [-0.3, -0.25) is 4.99 Å². The van der Waals surface area contributed by atoms with Gasteiger partial charge in [-0.15, -0.1) is 0 Å². The van der Waals surface area contributed by atoms with Gasteiger partial charge in [0.05, 0.1) is 17.3 Å². The molecule has 0 aliphatic carbocycles. The number of aromatic nitrogens is 2. The van der Waals surface area contributed by atoms with Crippen LogP contribution in [0.15, 0.2) is 52.1 Å². The average molecular weight is 367 g/mol. The summed E-state index contributed by atoms with van der Waals surface area (Å²) in [5, 5.41) is 6.83. The summed E-state index contributed by atoms with van der Waals surface area (Å²) >= 11 is 0. The van der Waals surface area contributed by atoms with Gasteiger partial charge in [0.2, 0.25) is 0 Å². The van der Waals surface area contributed by atoms with Crippen LogP contribution in [0.2, 0.25) is 0 Å². The summed E-state index contributed by atoms with van der Waals surface area (Å²) in [6, 6.07) is 12.2. The number of nitrogens with one attached hydrogen (secondary N) is 2. The van der Waals surface area contributed by atoms with Crippen molar-refractivity contribution in [2.75, 3.05) is 19.6 Å². The molecule has 0 amide bonds. The van der Waals surface area contributed by atoms with Crippen molar-refractivity contribution in [2.45, 2.75) is 39.7 Å². The third-order valence-corrected chi connectivity index (χ3v) is 4.43. The van der Waals surface area contributed by atoms with Crippen molar-refractivity contribution in [3.8, 4) is 0 Å². The molecule has 1 aromatic carbocycles. The van der Waals surface area contributed by atoms with E-state index in [4.69, 9.17) is 4.42 Å². The highest BCUT2D eigenvalue weighted by Crippen LogP contribution is 2.15. The minimum atomic E-state index is 0.800. The van der Waals surface area contributed by atoms with E-state index < -0.39 is 0 Å². The lowest BCUT2D eigenvalue weighted by Gasteiger charge is -2.13. The highest BCUT2D eigenvalue weighted by Gasteiger charge is 2.06. The molecular weight excluding hydrogens is 338 g/mol. The number of rotatable bonds is 9. The van der Waals surface area contributed by atoms with Gasteiger partial charge in [-0.25, -0.2) is 4.98 Å². The van der Waals surface area contributed by atoms with Gasteiger partial charge < -0.3 is 19.6 Å². The summed E-state index contributed by atoms with van der Waals surface area (Å²) in [4.78, 5) is 9.24. The third kappa shape index (κ3) is 5.36. The number of fused-ring (bicyclic) bond motifs is 1. The Labute approximate surface area is 160 Å². The number of aliphatic imine (C=N–C) groups is 1. The van der Waals surface area contributed by atoms with E-state index >= 15 is 0 Å². The second kappa shape index (κ2) is 9.80. The molecule has 0 saturated heterocycles. The molecule has 0 fully saturated rings. The van der Waals surface area contributed by atoms with Gasteiger partial charge in [-0.2, -0.15) is 0 Å². The van der Waals surface area contributed by atoms with Crippen LogP contribution in [0.1, 0.15) is 31.4 Å². The molecule has 0 bridgehead atoms. The van der Waals surface area contributed by atoms with Gasteiger partial charge in [-0.05, 0) is 44.0 Å². The summed E-state index contributed by atoms with van der Waals surface area (Å²) in [5.41, 5.74) is 2.26. The van der Waals surface area contributed by atoms with E-state index in [0.29, 0.717) is 0 Å². The van der Waals surface area contributed by atoms with Crippen LogP contribution in [0.5, 0.6) is 0 Å². The smallest absolute Gasteiger partial charge is 0.191 e. The van der Waals surface area contributed by atoms with Crippen LogP contribution < -0.4 is 10.6 Å². The highest BCUT2D eigenvalue weighted by atomic mass is 16.3. The average Bonchev–Trinajstić information content (AvgIpc) is 3.30. The molecule has 2 N–H and O–H groups in total. The molecule has 0 aliphatic rings. The van der Waals surface area contributed by atoms with Gasteiger partial charge >= 0.3 is 0 Å². The largest absolute Gasteiger partial charge is 0.469 e. The normalized spacial score (nSPS) is 11.9. The number of para-hydroxylation sites is 2. The van der Waals surface area contributed by atoms with Crippen molar-refractivity contribution in [1.29, 1.82) is 0 Å². The van der Waals surface area contributed by atoms with Crippen molar-refractivity contribution in [3.63, 3.8) is 0 Å². The molecule has 144 valence electrons. The van der Waals surface area contributed by atoms with Crippen LogP contribution in [-0.4, -0.2) is 35.1 Å². The van der Waals surface area contributed by atoms with E-state index in [-0.39, 0.29) is 0 Å². The molecule has 6 nitrogen and oxygen atoms in total. The molecule has 3 rings (SSSR count). The Morgan fingerprint density at radius 3 is 2.81 bits per heavy atom. The Hall–Kier alpha value is -2.76. The van der Waals surface area contributed by atoms with Gasteiger partial charge in [0.1, 0.15) is 11.6 Å². The predicted molar refractivity (Wildman–Crippen MR) is 110 cm³/mol. The molecule has 0 radical (unpaired) electrons. The second-order valence-electron chi connectivity index (χ2n) is 6.57. The van der Waals surface area contributed by atoms with Crippen LogP contribution in [0.25, 0.3) is 11.0 Å². The fraction of sp³-hybridized carbons (Fsp3) is 0.429. The summed E-state index contributed by atoms with van der Waals surface area (Å²) in [6.07, 6.45) is 4.60. The van der Waals surface area contributed by atoms with Crippen molar-refractivity contribution >= 4 is 17.0 Å². The zero-order valence-electron chi connectivity index (χ0n) is 16.2. The number of hydrogen-bond acceptors (Lipinski definition) is 3. The Kier molecular flexibility index (Phi) is 6.90. The van der Waals surface area contributed by atoms with Crippen molar-refractivity contribution in [1.82, 2.24) is 20.2 Å². The Morgan fingerprint density at radius 2 is 2.00 bits per heavy atom. The van der Waals surface area contributed by atoms with Crippen molar-refractivity contribution < 1.29 is 4.42 Å². The zero-order valence-corrected chi connectivity index (χ0v) is 16.2. The van der Waals surface area contributed by atoms with Gasteiger partial charge in [0.15, 0.2) is 5.96 Å². The van der Waals surface area contributed by atoms with E-state index in [1.807, 2.05) is 18.2 Å². The molecule has 0 unspecified atom stereocenters. The van der Waals surface area contributed by atoms with Crippen LogP contribution in [-0.2, 0) is 13.0 Å². The fourth-order valence-electron chi connectivity index (χ4n) is 3.08. The number of guanidine groups is 1. The number of furan rings is 1. The maximum atomic E-state index is 5.37. The lowest BCUT2D eigenvalue weighted by molar-refractivity contribution is 0.506. The van der Waals surface area contributed by atoms with Crippen LogP contribution >= 0.6 is 0 Å². The Morgan fingerprint density at radius 1 is 1.15 bits per heavy atom. The molecule has 0 spiro atoms. The van der Waals surface area contributed by atoms with E-state index in [9.17, 15) is 0 Å². The summed E-state index contributed by atoms with van der Waals surface area (Å²) in [5.74, 6) is 2.92. The summed E-state index contributed by atoms with van der Waals surface area (Å²) < 4.78 is 7.66. The molecule has 27 heavy (non-hydrogen) atoms. The zero-order chi connectivity index (χ0) is 18.9. The molecular formula is C21H29N5O. The SMILES string of the molecule is CCCN=C(NCCCn1c(C)nc2ccccc21)NCCc1ccco1. The maximum absolute atomic E-state index is 5.37. The minimum Gasteiger partial charge on any atom is -0.469 e. The highest BCUT2D eigenvalue weighted by molar-refractivity contribution is 5.79. The number of nitrogens with zero attached hydrogens (tertiary/aromatic N) is 3. The Balaban J connectivity index is 1.47. The van der Waals surface area contributed by atoms with E-state index in [2.05, 4.69) is 57.2 Å². The predicted octanol–water partition coefficient (Wildman–Crippen LogP) is 3.52. The number of imidazole rings is 1. The van der Waals surface area contributed by atoms with E-state index in [1.54, 1.807) is 6.26 Å². The lowest BCUT2D eigenvalue weighted by atomic mass is 10.3. The summed E-state index contributed by atoms with van der Waals surface area (Å²) in [7, 11) is 0.